The number of benzene rings is 1. The molecule has 1 N–H and O–H groups in total. The van der Waals surface area contributed by atoms with Gasteiger partial charge in [-0.15, -0.1) is 49.6 Å². The summed E-state index contributed by atoms with van der Waals surface area (Å²) in [6.07, 6.45) is 0. The SMILES string of the molecule is C.C.Cl.Cl.Cl.Cl.O=C(O)COc1ccccc1. The molecule has 0 unspecified atom stereocenters. The fourth-order valence-electron chi connectivity index (χ4n) is 0.662. The van der Waals surface area contributed by atoms with Gasteiger partial charge in [0.15, 0.2) is 6.61 Å². The van der Waals surface area contributed by atoms with Gasteiger partial charge in [0.1, 0.15) is 5.75 Å². The van der Waals surface area contributed by atoms with Gasteiger partial charge in [-0.25, -0.2) is 4.79 Å². The highest BCUT2D eigenvalue weighted by molar-refractivity contribution is 5.86. The maximum atomic E-state index is 10.0. The molecule has 0 amide bonds. The topological polar surface area (TPSA) is 46.5 Å². The summed E-state index contributed by atoms with van der Waals surface area (Å²) in [4.78, 5) is 10.0. The van der Waals surface area contributed by atoms with Crippen LogP contribution in [-0.4, -0.2) is 17.7 Å². The molecule has 3 nitrogen and oxygen atoms in total. The zero-order chi connectivity index (χ0) is 8.10. The van der Waals surface area contributed by atoms with E-state index in [-0.39, 0.29) is 71.1 Å². The van der Waals surface area contributed by atoms with Crippen molar-refractivity contribution in [1.29, 1.82) is 0 Å². The van der Waals surface area contributed by atoms with Crippen LogP contribution in [0.5, 0.6) is 5.75 Å². The number of hydrogen-bond donors (Lipinski definition) is 1. The highest BCUT2D eigenvalue weighted by Crippen LogP contribution is 2.07. The molecule has 0 aliphatic rings. The second-order valence-corrected chi connectivity index (χ2v) is 2.00. The van der Waals surface area contributed by atoms with Gasteiger partial charge in [0.2, 0.25) is 0 Å². The Labute approximate surface area is 128 Å². The average Bonchev–Trinajstić information content (AvgIpc) is 2.03. The number of carboxylic acid groups (broad SMARTS) is 1. The predicted molar refractivity (Wildman–Crippen MR) is 82.0 cm³/mol. The van der Waals surface area contributed by atoms with Gasteiger partial charge in [0, 0.05) is 0 Å². The number of carbonyl (C=O) groups is 1. The number of ether oxygens (including phenoxy) is 1. The van der Waals surface area contributed by atoms with Crippen molar-refractivity contribution in [2.45, 2.75) is 14.9 Å². The van der Waals surface area contributed by atoms with Crippen LogP contribution in [0.15, 0.2) is 30.3 Å². The molecule has 106 valence electrons. The molecule has 1 rings (SSSR count). The summed E-state index contributed by atoms with van der Waals surface area (Å²) in [5, 5.41) is 8.25. The predicted octanol–water partition coefficient (Wildman–Crippen LogP) is 4.11. The minimum absolute atomic E-state index is 0. The number of aliphatic carboxylic acids is 1. The van der Waals surface area contributed by atoms with Gasteiger partial charge in [-0.2, -0.15) is 0 Å². The Bertz CT molecular complexity index is 245. The number of rotatable bonds is 3. The molecule has 0 spiro atoms. The molecule has 17 heavy (non-hydrogen) atoms. The van der Waals surface area contributed by atoms with Crippen molar-refractivity contribution in [3.8, 4) is 5.75 Å². The van der Waals surface area contributed by atoms with Crippen molar-refractivity contribution in [2.24, 2.45) is 0 Å². The van der Waals surface area contributed by atoms with Gasteiger partial charge >= 0.3 is 5.97 Å². The van der Waals surface area contributed by atoms with E-state index >= 15 is 0 Å². The summed E-state index contributed by atoms with van der Waals surface area (Å²) < 4.78 is 4.87. The van der Waals surface area contributed by atoms with Gasteiger partial charge in [-0.1, -0.05) is 33.1 Å². The van der Waals surface area contributed by atoms with Gasteiger partial charge in [-0.05, 0) is 12.1 Å². The molecule has 1 aromatic carbocycles. The Hall–Kier alpha value is -0.350. The summed E-state index contributed by atoms with van der Waals surface area (Å²) in [5.41, 5.74) is 0. The van der Waals surface area contributed by atoms with Crippen LogP contribution in [0, 0.1) is 0 Å². The van der Waals surface area contributed by atoms with Crippen molar-refractivity contribution in [3.63, 3.8) is 0 Å². The van der Waals surface area contributed by atoms with Crippen molar-refractivity contribution in [1.82, 2.24) is 0 Å². The van der Waals surface area contributed by atoms with Gasteiger partial charge in [-0.3, -0.25) is 0 Å². The fraction of sp³-hybridized carbons (Fsp3) is 0.300. The Morgan fingerprint density at radius 2 is 1.41 bits per heavy atom. The lowest BCUT2D eigenvalue weighted by Crippen LogP contribution is -2.09. The Morgan fingerprint density at radius 3 is 1.76 bits per heavy atom. The quantitative estimate of drug-likeness (QED) is 0.907. The Balaban J connectivity index is -0.0000000504. The maximum absolute atomic E-state index is 10.0. The largest absolute Gasteiger partial charge is 0.482 e. The molecule has 0 aliphatic heterocycles. The zero-order valence-corrected chi connectivity index (χ0v) is 10.8. The average molecular weight is 330 g/mol. The Morgan fingerprint density at radius 1 is 1.00 bits per heavy atom. The molecule has 7 heteroatoms. The summed E-state index contributed by atoms with van der Waals surface area (Å²) in [7, 11) is 0. The second-order valence-electron chi connectivity index (χ2n) is 2.00. The van der Waals surface area contributed by atoms with E-state index in [1.165, 1.54) is 0 Å². The minimum Gasteiger partial charge on any atom is -0.482 e. The Kier molecular flexibility index (Phi) is 44.4. The van der Waals surface area contributed by atoms with Crippen molar-refractivity contribution in [3.05, 3.63) is 30.3 Å². The van der Waals surface area contributed by atoms with Crippen LogP contribution in [0.1, 0.15) is 14.9 Å². The van der Waals surface area contributed by atoms with E-state index in [0.29, 0.717) is 5.75 Å². The minimum atomic E-state index is -0.964. The molecular weight excluding hydrogens is 310 g/mol. The summed E-state index contributed by atoms with van der Waals surface area (Å²) >= 11 is 0. The van der Waals surface area contributed by atoms with Crippen LogP contribution in [0.2, 0.25) is 0 Å². The standard InChI is InChI=1S/C8H8O3.2CH4.4ClH/c9-8(10)6-11-7-4-2-1-3-5-7;;;;;;/h1-5H,6H2,(H,9,10);2*1H4;4*1H. The lowest BCUT2D eigenvalue weighted by Gasteiger charge is -2.00. The van der Waals surface area contributed by atoms with E-state index in [1.54, 1.807) is 24.3 Å². The van der Waals surface area contributed by atoms with E-state index in [9.17, 15) is 4.79 Å². The molecule has 0 atom stereocenters. The van der Waals surface area contributed by atoms with Gasteiger partial charge in [0.25, 0.3) is 0 Å². The molecule has 0 radical (unpaired) electrons. The van der Waals surface area contributed by atoms with Crippen LogP contribution < -0.4 is 4.74 Å². The molecule has 0 aromatic heterocycles. The van der Waals surface area contributed by atoms with Crippen LogP contribution in [-0.2, 0) is 4.79 Å². The van der Waals surface area contributed by atoms with Gasteiger partial charge in [0.05, 0.1) is 0 Å². The van der Waals surface area contributed by atoms with Crippen LogP contribution in [0.3, 0.4) is 0 Å². The molecule has 0 saturated heterocycles. The van der Waals surface area contributed by atoms with Crippen molar-refractivity contribution in [2.75, 3.05) is 6.61 Å². The lowest BCUT2D eigenvalue weighted by molar-refractivity contribution is -0.139. The molecule has 0 saturated carbocycles. The zero-order valence-electron chi connectivity index (χ0n) is 7.49. The van der Waals surface area contributed by atoms with E-state index in [2.05, 4.69) is 0 Å². The molecule has 0 aliphatic carbocycles. The van der Waals surface area contributed by atoms with Crippen molar-refractivity contribution < 1.29 is 14.6 Å². The maximum Gasteiger partial charge on any atom is 0.341 e. The third kappa shape index (κ3) is 18.2. The van der Waals surface area contributed by atoms with E-state index in [0.717, 1.165) is 0 Å². The monoisotopic (exact) mass is 328 g/mol. The van der Waals surface area contributed by atoms with E-state index in [4.69, 9.17) is 9.84 Å². The lowest BCUT2D eigenvalue weighted by atomic mass is 10.3. The van der Waals surface area contributed by atoms with Crippen LogP contribution >= 0.6 is 49.6 Å². The first kappa shape index (κ1) is 36.0. The summed E-state index contributed by atoms with van der Waals surface area (Å²) in [6, 6.07) is 8.84. The molecule has 0 bridgehead atoms. The normalized spacial score (nSPS) is 5.88. The highest BCUT2D eigenvalue weighted by atomic mass is 35.5. The first-order chi connectivity index (χ1) is 5.29. The second kappa shape index (κ2) is 21.0. The smallest absolute Gasteiger partial charge is 0.341 e. The van der Waals surface area contributed by atoms with E-state index < -0.39 is 5.97 Å². The highest BCUT2D eigenvalue weighted by Gasteiger charge is 1.96. The molecule has 0 heterocycles. The number of carboxylic acids is 1. The molecule has 0 fully saturated rings. The fourth-order valence-corrected chi connectivity index (χ4v) is 0.662. The number of halogens is 4. The molecule has 1 aromatic rings. The molecular formula is C10H20Cl4O3. The van der Waals surface area contributed by atoms with Crippen LogP contribution in [0.4, 0.5) is 0 Å². The third-order valence-corrected chi connectivity index (χ3v) is 1.11. The van der Waals surface area contributed by atoms with Crippen LogP contribution in [0.25, 0.3) is 0 Å². The number of para-hydroxylation sites is 1. The number of hydrogen-bond acceptors (Lipinski definition) is 2. The first-order valence-electron chi connectivity index (χ1n) is 3.18. The van der Waals surface area contributed by atoms with Crippen molar-refractivity contribution >= 4 is 55.6 Å². The summed E-state index contributed by atoms with van der Waals surface area (Å²) in [6.45, 7) is -0.288. The summed E-state index contributed by atoms with van der Waals surface area (Å²) in [5.74, 6) is -0.385. The van der Waals surface area contributed by atoms with Gasteiger partial charge < -0.3 is 9.84 Å². The first-order valence-corrected chi connectivity index (χ1v) is 3.18. The third-order valence-electron chi connectivity index (χ3n) is 1.11. The van der Waals surface area contributed by atoms with E-state index in [1.807, 2.05) is 6.07 Å².